The summed E-state index contributed by atoms with van der Waals surface area (Å²) in [4.78, 5) is 0. The van der Waals surface area contributed by atoms with Gasteiger partial charge in [0, 0.05) is 32.7 Å². The Morgan fingerprint density at radius 1 is 1.75 bits per heavy atom. The Labute approximate surface area is 79.2 Å². The molecule has 0 amide bonds. The molecule has 0 spiro atoms. The first-order valence-corrected chi connectivity index (χ1v) is 3.25. The van der Waals surface area contributed by atoms with Crippen molar-refractivity contribution in [2.75, 3.05) is 0 Å². The van der Waals surface area contributed by atoms with Crippen molar-refractivity contribution in [3.63, 3.8) is 0 Å². The van der Waals surface area contributed by atoms with Crippen molar-refractivity contribution in [3.8, 4) is 0 Å². The van der Waals surface area contributed by atoms with E-state index in [1.54, 1.807) is 11.3 Å². The van der Waals surface area contributed by atoms with Crippen LogP contribution in [0.4, 0.5) is 0 Å². The molecule has 0 aliphatic carbocycles. The van der Waals surface area contributed by atoms with Crippen molar-refractivity contribution < 1.29 is 32.7 Å². The summed E-state index contributed by atoms with van der Waals surface area (Å²) in [6.07, 6.45) is 1.14. The van der Waals surface area contributed by atoms with Crippen LogP contribution in [0, 0.1) is 5.38 Å². The first-order chi connectivity index (χ1) is 3.43. The number of hydrogen-bond acceptors (Lipinski definition) is 1. The van der Waals surface area contributed by atoms with Gasteiger partial charge in [0.2, 0.25) is 0 Å². The number of aryl methyl sites for hydroxylation is 1. The molecule has 2 heteroatoms. The monoisotopic (exact) mass is 200 g/mol. The van der Waals surface area contributed by atoms with Crippen LogP contribution in [0.3, 0.4) is 0 Å². The van der Waals surface area contributed by atoms with Crippen LogP contribution >= 0.6 is 11.3 Å². The molecule has 0 unspecified atom stereocenters. The van der Waals surface area contributed by atoms with Crippen LogP contribution in [0.1, 0.15) is 12.5 Å². The Hall–Kier alpha value is 0.804. The molecule has 8 heavy (non-hydrogen) atoms. The molecule has 1 aromatic rings. The Morgan fingerprint density at radius 3 is 2.75 bits per heavy atom. The van der Waals surface area contributed by atoms with Gasteiger partial charge in [-0.15, -0.1) is 5.38 Å². The molecule has 1 rings (SSSR count). The van der Waals surface area contributed by atoms with Gasteiger partial charge in [0.1, 0.15) is 0 Å². The molecule has 1 radical (unpaired) electrons. The van der Waals surface area contributed by atoms with Gasteiger partial charge in [-0.3, -0.25) is 0 Å². The number of hydrogen-bond donors (Lipinski definition) is 0. The van der Waals surface area contributed by atoms with Gasteiger partial charge in [-0.2, -0.15) is 17.0 Å². The first-order valence-electron chi connectivity index (χ1n) is 2.37. The quantitative estimate of drug-likeness (QED) is 0.609. The van der Waals surface area contributed by atoms with Crippen molar-refractivity contribution in [1.29, 1.82) is 0 Å². The summed E-state index contributed by atoms with van der Waals surface area (Å²) in [6.45, 7) is 2.15. The predicted molar refractivity (Wildman–Crippen MR) is 32.5 cm³/mol. The van der Waals surface area contributed by atoms with Crippen molar-refractivity contribution in [2.24, 2.45) is 0 Å². The Balaban J connectivity index is 0.000000490. The molecule has 0 atom stereocenters. The van der Waals surface area contributed by atoms with Gasteiger partial charge in [0.05, 0.1) is 0 Å². The Bertz CT molecular complexity index is 123. The van der Waals surface area contributed by atoms with Gasteiger partial charge in [0.15, 0.2) is 0 Å². The fourth-order valence-electron chi connectivity index (χ4n) is 0.439. The molecule has 1 aromatic heterocycles. The van der Waals surface area contributed by atoms with Gasteiger partial charge >= 0.3 is 0 Å². The summed E-state index contributed by atoms with van der Waals surface area (Å²) in [7, 11) is 0. The average molecular weight is 200 g/mol. The zero-order chi connectivity index (χ0) is 5.11. The fourth-order valence-corrected chi connectivity index (χ4v) is 1.11. The maximum atomic E-state index is 3.02. The molecule has 0 fully saturated rings. The summed E-state index contributed by atoms with van der Waals surface area (Å²) >= 11 is 1.64. The molecule has 0 N–H and O–H groups in total. The van der Waals surface area contributed by atoms with E-state index in [1.165, 1.54) is 5.56 Å². The van der Waals surface area contributed by atoms with Crippen LogP contribution in [0.5, 0.6) is 0 Å². The van der Waals surface area contributed by atoms with E-state index in [4.69, 9.17) is 0 Å². The fraction of sp³-hybridized carbons (Fsp3) is 0.333. The summed E-state index contributed by atoms with van der Waals surface area (Å²) in [5.74, 6) is 0. The molecular formula is C6H7SY-. The second-order valence-electron chi connectivity index (χ2n) is 1.43. The molecule has 1 heterocycles. The molecule has 41 valence electrons. The van der Waals surface area contributed by atoms with E-state index in [0.29, 0.717) is 0 Å². The van der Waals surface area contributed by atoms with E-state index in [0.717, 1.165) is 6.42 Å². The van der Waals surface area contributed by atoms with E-state index < -0.39 is 0 Å². The van der Waals surface area contributed by atoms with Gasteiger partial charge in [0.25, 0.3) is 0 Å². The molecule has 0 saturated carbocycles. The van der Waals surface area contributed by atoms with Crippen molar-refractivity contribution >= 4 is 11.3 Å². The van der Waals surface area contributed by atoms with Crippen LogP contribution in [0.15, 0.2) is 11.4 Å². The summed E-state index contributed by atoms with van der Waals surface area (Å²) in [5.41, 5.74) is 1.39. The molecule has 0 aromatic carbocycles. The third-order valence-electron chi connectivity index (χ3n) is 0.931. The Morgan fingerprint density at radius 2 is 2.50 bits per heavy atom. The number of thiophene rings is 1. The third-order valence-corrected chi connectivity index (χ3v) is 1.61. The predicted octanol–water partition coefficient (Wildman–Crippen LogP) is 2.11. The normalized spacial score (nSPS) is 8.12. The van der Waals surface area contributed by atoms with E-state index in [-0.39, 0.29) is 32.7 Å². The van der Waals surface area contributed by atoms with Crippen LogP contribution in [-0.4, -0.2) is 0 Å². The van der Waals surface area contributed by atoms with E-state index in [9.17, 15) is 0 Å². The van der Waals surface area contributed by atoms with Crippen LogP contribution in [-0.2, 0) is 39.1 Å². The second kappa shape index (κ2) is 4.66. The summed E-state index contributed by atoms with van der Waals surface area (Å²) < 4.78 is 0. The van der Waals surface area contributed by atoms with E-state index >= 15 is 0 Å². The molecule has 0 aliphatic heterocycles. The first kappa shape index (κ1) is 8.80. The minimum Gasteiger partial charge on any atom is -0.304 e. The van der Waals surface area contributed by atoms with E-state index in [2.05, 4.69) is 17.7 Å². The number of rotatable bonds is 1. The zero-order valence-corrected chi connectivity index (χ0v) is 8.50. The molecular weight excluding hydrogens is 193 g/mol. The molecule has 0 aliphatic rings. The zero-order valence-electron chi connectivity index (χ0n) is 4.85. The van der Waals surface area contributed by atoms with Crippen LogP contribution in [0.2, 0.25) is 0 Å². The maximum absolute atomic E-state index is 3.02. The van der Waals surface area contributed by atoms with Crippen molar-refractivity contribution in [3.05, 3.63) is 22.4 Å². The average Bonchev–Trinajstić information content (AvgIpc) is 2.14. The van der Waals surface area contributed by atoms with Crippen molar-refractivity contribution in [1.82, 2.24) is 0 Å². The Kier molecular flexibility index (Phi) is 5.13. The van der Waals surface area contributed by atoms with Crippen LogP contribution in [0.25, 0.3) is 0 Å². The van der Waals surface area contributed by atoms with Crippen molar-refractivity contribution in [2.45, 2.75) is 13.3 Å². The van der Waals surface area contributed by atoms with Gasteiger partial charge in [-0.1, -0.05) is 13.3 Å². The minimum absolute atomic E-state index is 0. The maximum Gasteiger partial charge on any atom is 0 e. The third kappa shape index (κ3) is 2.38. The standard InChI is InChI=1S/C6H7S.Y/c1-2-6-3-4-7-5-6;/h3,5H,2H2,1H3;/q-1;. The van der Waals surface area contributed by atoms with Crippen LogP contribution < -0.4 is 0 Å². The van der Waals surface area contributed by atoms with Gasteiger partial charge < -0.3 is 11.3 Å². The SMILES string of the molecule is CCc1c[c-]sc1.[Y]. The van der Waals surface area contributed by atoms with E-state index in [1.807, 2.05) is 6.07 Å². The minimum atomic E-state index is 0. The second-order valence-corrected chi connectivity index (χ2v) is 2.13. The molecule has 0 nitrogen and oxygen atoms in total. The molecule has 0 bridgehead atoms. The smallest absolute Gasteiger partial charge is 0 e. The topological polar surface area (TPSA) is 0 Å². The summed E-state index contributed by atoms with van der Waals surface area (Å²) in [6, 6.07) is 2.03. The van der Waals surface area contributed by atoms with Gasteiger partial charge in [-0.05, 0) is 0 Å². The van der Waals surface area contributed by atoms with Gasteiger partial charge in [-0.25, -0.2) is 0 Å². The summed E-state index contributed by atoms with van der Waals surface area (Å²) in [5, 5.41) is 5.15. The molecule has 0 saturated heterocycles. The largest absolute Gasteiger partial charge is 0.304 e.